The van der Waals surface area contributed by atoms with Crippen LogP contribution in [0.2, 0.25) is 0 Å². The molecule has 1 atom stereocenters. The van der Waals surface area contributed by atoms with E-state index in [1.807, 2.05) is 4.90 Å². The minimum absolute atomic E-state index is 0.0231. The summed E-state index contributed by atoms with van der Waals surface area (Å²) in [5, 5.41) is 13.0. The third-order valence-electron chi connectivity index (χ3n) is 4.64. The van der Waals surface area contributed by atoms with Crippen LogP contribution in [-0.4, -0.2) is 75.6 Å². The van der Waals surface area contributed by atoms with Crippen molar-refractivity contribution in [3.05, 3.63) is 0 Å². The summed E-state index contributed by atoms with van der Waals surface area (Å²) in [4.78, 5) is 14.0. The summed E-state index contributed by atoms with van der Waals surface area (Å²) >= 11 is 0. The first-order valence-corrected chi connectivity index (χ1v) is 7.38. The second-order valence-electron chi connectivity index (χ2n) is 5.81. The number of amides is 1. The van der Waals surface area contributed by atoms with Gasteiger partial charge in [0.05, 0.1) is 13.2 Å². The van der Waals surface area contributed by atoms with Crippen molar-refractivity contribution in [3.63, 3.8) is 0 Å². The van der Waals surface area contributed by atoms with E-state index in [2.05, 4.69) is 5.32 Å². The summed E-state index contributed by atoms with van der Waals surface area (Å²) in [7, 11) is 1.61. The third-order valence-corrected chi connectivity index (χ3v) is 4.64. The summed E-state index contributed by atoms with van der Waals surface area (Å²) in [6.45, 7) is 4.57. The quantitative estimate of drug-likeness (QED) is 0.642. The molecule has 116 valence electrons. The number of carbonyl (C=O) groups excluding carboxylic acids is 1. The van der Waals surface area contributed by atoms with Crippen LogP contribution in [0.4, 0.5) is 0 Å². The SMILES string of the molecule is COCCOCC(=O)N1CC(CO)C2(CCNCC2)C1. The van der Waals surface area contributed by atoms with E-state index < -0.39 is 0 Å². The Labute approximate surface area is 120 Å². The molecule has 0 aliphatic carbocycles. The maximum Gasteiger partial charge on any atom is 0.248 e. The first-order chi connectivity index (χ1) is 9.72. The highest BCUT2D eigenvalue weighted by molar-refractivity contribution is 5.77. The molecule has 0 aromatic carbocycles. The fraction of sp³-hybridized carbons (Fsp3) is 0.929. The Morgan fingerprint density at radius 3 is 2.80 bits per heavy atom. The molecular weight excluding hydrogens is 260 g/mol. The lowest BCUT2D eigenvalue weighted by Crippen LogP contribution is -2.43. The van der Waals surface area contributed by atoms with Gasteiger partial charge >= 0.3 is 0 Å². The summed E-state index contributed by atoms with van der Waals surface area (Å²) in [6, 6.07) is 0. The van der Waals surface area contributed by atoms with E-state index in [-0.39, 0.29) is 30.5 Å². The Hall–Kier alpha value is -0.690. The number of piperidine rings is 1. The fourth-order valence-electron chi connectivity index (χ4n) is 3.36. The fourth-order valence-corrected chi connectivity index (χ4v) is 3.36. The minimum Gasteiger partial charge on any atom is -0.396 e. The standard InChI is InChI=1S/C14H26N2O4/c1-19-6-7-20-10-13(18)16-8-12(9-17)14(11-16)2-4-15-5-3-14/h12,15,17H,2-11H2,1H3. The molecule has 1 spiro atoms. The van der Waals surface area contributed by atoms with Gasteiger partial charge in [0.25, 0.3) is 0 Å². The van der Waals surface area contributed by atoms with Crippen molar-refractivity contribution in [3.8, 4) is 0 Å². The van der Waals surface area contributed by atoms with Crippen LogP contribution >= 0.6 is 0 Å². The zero-order valence-corrected chi connectivity index (χ0v) is 12.3. The predicted molar refractivity (Wildman–Crippen MR) is 74.4 cm³/mol. The van der Waals surface area contributed by atoms with E-state index in [0.29, 0.717) is 19.8 Å². The van der Waals surface area contributed by atoms with Crippen LogP contribution in [0.25, 0.3) is 0 Å². The number of nitrogens with zero attached hydrogens (tertiary/aromatic N) is 1. The molecule has 0 bridgehead atoms. The Bertz CT molecular complexity index is 318. The largest absolute Gasteiger partial charge is 0.396 e. The zero-order chi connectivity index (χ0) is 14.4. The second-order valence-corrected chi connectivity index (χ2v) is 5.81. The van der Waals surface area contributed by atoms with Crippen LogP contribution in [0.1, 0.15) is 12.8 Å². The molecule has 0 aromatic heterocycles. The average molecular weight is 286 g/mol. The lowest BCUT2D eigenvalue weighted by Gasteiger charge is -2.37. The summed E-state index contributed by atoms with van der Waals surface area (Å²) < 4.78 is 10.2. The number of likely N-dealkylation sites (tertiary alicyclic amines) is 1. The number of methoxy groups -OCH3 is 1. The van der Waals surface area contributed by atoms with Crippen LogP contribution in [-0.2, 0) is 14.3 Å². The highest BCUT2D eigenvalue weighted by atomic mass is 16.5. The van der Waals surface area contributed by atoms with Gasteiger partial charge in [0.1, 0.15) is 6.61 Å². The van der Waals surface area contributed by atoms with E-state index in [1.54, 1.807) is 7.11 Å². The van der Waals surface area contributed by atoms with E-state index in [4.69, 9.17) is 9.47 Å². The highest BCUT2D eigenvalue weighted by Crippen LogP contribution is 2.43. The molecule has 20 heavy (non-hydrogen) atoms. The molecule has 1 unspecified atom stereocenters. The number of hydrogen-bond donors (Lipinski definition) is 2. The van der Waals surface area contributed by atoms with Gasteiger partial charge in [0.15, 0.2) is 0 Å². The smallest absolute Gasteiger partial charge is 0.248 e. The molecule has 2 heterocycles. The van der Waals surface area contributed by atoms with Crippen LogP contribution in [0, 0.1) is 11.3 Å². The first-order valence-electron chi connectivity index (χ1n) is 7.38. The molecule has 2 aliphatic heterocycles. The lowest BCUT2D eigenvalue weighted by atomic mass is 9.71. The molecule has 0 radical (unpaired) electrons. The predicted octanol–water partition coefficient (Wildman–Crippen LogP) is -0.530. The van der Waals surface area contributed by atoms with Gasteiger partial charge in [-0.3, -0.25) is 4.79 Å². The average Bonchev–Trinajstić information content (AvgIpc) is 2.82. The van der Waals surface area contributed by atoms with E-state index >= 15 is 0 Å². The van der Waals surface area contributed by atoms with Gasteiger partial charge in [-0.1, -0.05) is 0 Å². The third kappa shape index (κ3) is 3.49. The topological polar surface area (TPSA) is 71.0 Å². The van der Waals surface area contributed by atoms with Crippen molar-refractivity contribution in [2.45, 2.75) is 12.8 Å². The summed E-state index contributed by atoms with van der Waals surface area (Å²) in [5.74, 6) is 0.225. The van der Waals surface area contributed by atoms with Gasteiger partial charge in [0.2, 0.25) is 5.91 Å². The number of rotatable bonds is 6. The van der Waals surface area contributed by atoms with Gasteiger partial charge in [0, 0.05) is 32.7 Å². The molecule has 2 fully saturated rings. The first kappa shape index (κ1) is 15.7. The zero-order valence-electron chi connectivity index (χ0n) is 12.3. The van der Waals surface area contributed by atoms with Crippen LogP contribution in [0.15, 0.2) is 0 Å². The molecular formula is C14H26N2O4. The molecule has 2 N–H and O–H groups in total. The number of hydrogen-bond acceptors (Lipinski definition) is 5. The Morgan fingerprint density at radius 1 is 1.40 bits per heavy atom. The van der Waals surface area contributed by atoms with Crippen LogP contribution in [0.3, 0.4) is 0 Å². The molecule has 6 heteroatoms. The normalized spacial score (nSPS) is 25.3. The highest BCUT2D eigenvalue weighted by Gasteiger charge is 2.47. The van der Waals surface area contributed by atoms with Gasteiger partial charge in [-0.2, -0.15) is 0 Å². The van der Waals surface area contributed by atoms with Gasteiger partial charge in [-0.15, -0.1) is 0 Å². The number of aliphatic hydroxyl groups excluding tert-OH is 1. The maximum atomic E-state index is 12.2. The number of aliphatic hydroxyl groups is 1. The second kappa shape index (κ2) is 7.36. The van der Waals surface area contributed by atoms with E-state index in [9.17, 15) is 9.90 Å². The van der Waals surface area contributed by atoms with Crippen molar-refractivity contribution in [1.29, 1.82) is 0 Å². The van der Waals surface area contributed by atoms with Crippen molar-refractivity contribution in [2.75, 3.05) is 59.7 Å². The molecule has 2 aliphatic rings. The van der Waals surface area contributed by atoms with Crippen molar-refractivity contribution in [1.82, 2.24) is 10.2 Å². The Morgan fingerprint density at radius 2 is 2.15 bits per heavy atom. The van der Waals surface area contributed by atoms with Gasteiger partial charge < -0.3 is 24.8 Å². The van der Waals surface area contributed by atoms with Crippen LogP contribution < -0.4 is 5.32 Å². The van der Waals surface area contributed by atoms with Gasteiger partial charge in [-0.25, -0.2) is 0 Å². The monoisotopic (exact) mass is 286 g/mol. The molecule has 2 saturated heterocycles. The minimum atomic E-state index is 0.0231. The number of ether oxygens (including phenoxy) is 2. The summed E-state index contributed by atoms with van der Waals surface area (Å²) in [6.07, 6.45) is 2.07. The maximum absolute atomic E-state index is 12.2. The summed E-state index contributed by atoms with van der Waals surface area (Å²) in [5.41, 5.74) is 0.0994. The van der Waals surface area contributed by atoms with Crippen molar-refractivity contribution < 1.29 is 19.4 Å². The van der Waals surface area contributed by atoms with Gasteiger partial charge in [-0.05, 0) is 31.3 Å². The molecule has 2 rings (SSSR count). The Balaban J connectivity index is 1.86. The van der Waals surface area contributed by atoms with Crippen LogP contribution in [0.5, 0.6) is 0 Å². The van der Waals surface area contributed by atoms with E-state index in [1.165, 1.54) is 0 Å². The number of nitrogens with one attached hydrogen (secondary N) is 1. The van der Waals surface area contributed by atoms with Crippen molar-refractivity contribution in [2.24, 2.45) is 11.3 Å². The molecule has 0 saturated carbocycles. The molecule has 6 nitrogen and oxygen atoms in total. The number of carbonyl (C=O) groups is 1. The van der Waals surface area contributed by atoms with Crippen molar-refractivity contribution >= 4 is 5.91 Å². The Kier molecular flexibility index (Phi) is 5.77. The van der Waals surface area contributed by atoms with E-state index in [0.717, 1.165) is 32.5 Å². The lowest BCUT2D eigenvalue weighted by molar-refractivity contribution is -0.136. The molecule has 1 amide bonds. The molecule has 0 aromatic rings.